The molecule has 1 aliphatic heterocycles. The lowest BCUT2D eigenvalue weighted by Crippen LogP contribution is -2.43. The summed E-state index contributed by atoms with van der Waals surface area (Å²) < 4.78 is 6.85. The van der Waals surface area contributed by atoms with Gasteiger partial charge in [0.25, 0.3) is 5.56 Å². The van der Waals surface area contributed by atoms with Crippen LogP contribution in [0.3, 0.4) is 0 Å². The molecule has 3 aromatic heterocycles. The molecule has 0 aliphatic carbocycles. The molecule has 0 saturated carbocycles. The SMILES string of the molecule is CCNC(=O)C1CCCN(c2nc3ncn(CC(=O)NCc4ccco4)c(=O)c3s2)C1. The minimum atomic E-state index is -0.315. The number of furan rings is 1. The molecule has 1 unspecified atom stereocenters. The van der Waals surface area contributed by atoms with Crippen molar-refractivity contribution >= 4 is 38.6 Å². The van der Waals surface area contributed by atoms with Crippen LogP contribution in [-0.4, -0.2) is 46.0 Å². The van der Waals surface area contributed by atoms with Crippen molar-refractivity contribution in [2.24, 2.45) is 5.92 Å². The largest absolute Gasteiger partial charge is 0.467 e. The number of aromatic nitrogens is 3. The summed E-state index contributed by atoms with van der Waals surface area (Å²) in [6, 6.07) is 3.50. The first-order chi connectivity index (χ1) is 15.0. The predicted molar refractivity (Wildman–Crippen MR) is 116 cm³/mol. The zero-order valence-corrected chi connectivity index (χ0v) is 18.0. The van der Waals surface area contributed by atoms with Gasteiger partial charge >= 0.3 is 0 Å². The van der Waals surface area contributed by atoms with Gasteiger partial charge in [0.15, 0.2) is 10.8 Å². The number of fused-ring (bicyclic) bond motifs is 1. The van der Waals surface area contributed by atoms with Crippen LogP contribution in [0.25, 0.3) is 10.3 Å². The Morgan fingerprint density at radius 3 is 3.00 bits per heavy atom. The third kappa shape index (κ3) is 4.76. The standard InChI is InChI=1S/C20H24N6O4S/c1-2-21-18(28)13-5-3-7-25(10-13)20-24-17-16(31-20)19(29)26(12-23-17)11-15(27)22-9-14-6-4-8-30-14/h4,6,8,12-13H,2-3,5,7,9-11H2,1H3,(H,21,28)(H,22,27). The molecule has 2 N–H and O–H groups in total. The second-order valence-electron chi connectivity index (χ2n) is 7.36. The molecule has 4 rings (SSSR count). The molecule has 3 aromatic rings. The van der Waals surface area contributed by atoms with E-state index in [2.05, 4.69) is 20.6 Å². The van der Waals surface area contributed by atoms with Crippen LogP contribution in [0.5, 0.6) is 0 Å². The minimum Gasteiger partial charge on any atom is -0.467 e. The zero-order chi connectivity index (χ0) is 21.8. The number of carbonyl (C=O) groups is 2. The Bertz CT molecular complexity index is 1120. The fourth-order valence-corrected chi connectivity index (χ4v) is 4.58. The molecular weight excluding hydrogens is 420 g/mol. The van der Waals surface area contributed by atoms with Gasteiger partial charge in [-0.3, -0.25) is 19.0 Å². The maximum absolute atomic E-state index is 12.9. The molecule has 2 amide bonds. The third-order valence-electron chi connectivity index (χ3n) is 5.14. The number of thiazole rings is 1. The average molecular weight is 445 g/mol. The van der Waals surface area contributed by atoms with Crippen LogP contribution in [0, 0.1) is 5.92 Å². The van der Waals surface area contributed by atoms with Crippen LogP contribution in [0.4, 0.5) is 5.13 Å². The van der Waals surface area contributed by atoms with Crippen LogP contribution < -0.4 is 21.1 Å². The highest BCUT2D eigenvalue weighted by Crippen LogP contribution is 2.29. The Balaban J connectivity index is 1.47. The first kappa shape index (κ1) is 21.0. The van der Waals surface area contributed by atoms with E-state index in [9.17, 15) is 14.4 Å². The van der Waals surface area contributed by atoms with E-state index in [1.165, 1.54) is 28.5 Å². The minimum absolute atomic E-state index is 0.0503. The van der Waals surface area contributed by atoms with Gasteiger partial charge in [0.2, 0.25) is 11.8 Å². The summed E-state index contributed by atoms with van der Waals surface area (Å²) in [6.45, 7) is 3.96. The van der Waals surface area contributed by atoms with Gasteiger partial charge in [-0.25, -0.2) is 4.98 Å². The fourth-order valence-electron chi connectivity index (χ4n) is 3.58. The van der Waals surface area contributed by atoms with Gasteiger partial charge in [0.05, 0.1) is 18.7 Å². The molecule has 0 spiro atoms. The predicted octanol–water partition coefficient (Wildman–Crippen LogP) is 1.11. The highest BCUT2D eigenvalue weighted by atomic mass is 32.1. The first-order valence-electron chi connectivity index (χ1n) is 10.2. The molecule has 0 radical (unpaired) electrons. The Morgan fingerprint density at radius 1 is 1.35 bits per heavy atom. The molecule has 0 bridgehead atoms. The van der Waals surface area contributed by atoms with Crippen LogP contribution in [0.2, 0.25) is 0 Å². The lowest BCUT2D eigenvalue weighted by Gasteiger charge is -2.31. The Morgan fingerprint density at radius 2 is 2.23 bits per heavy atom. The van der Waals surface area contributed by atoms with Gasteiger partial charge in [0.1, 0.15) is 23.3 Å². The summed E-state index contributed by atoms with van der Waals surface area (Å²) in [4.78, 5) is 48.1. The molecule has 1 saturated heterocycles. The first-order valence-corrected chi connectivity index (χ1v) is 11.0. The van der Waals surface area contributed by atoms with Crippen molar-refractivity contribution < 1.29 is 14.0 Å². The number of nitrogens with zero attached hydrogens (tertiary/aromatic N) is 4. The number of amides is 2. The molecule has 31 heavy (non-hydrogen) atoms. The van der Waals surface area contributed by atoms with E-state index < -0.39 is 0 Å². The number of rotatable bonds is 7. The second-order valence-corrected chi connectivity index (χ2v) is 8.34. The van der Waals surface area contributed by atoms with Crippen molar-refractivity contribution in [2.45, 2.75) is 32.9 Å². The zero-order valence-electron chi connectivity index (χ0n) is 17.2. The van der Waals surface area contributed by atoms with Gasteiger partial charge < -0.3 is 20.0 Å². The monoisotopic (exact) mass is 444 g/mol. The lowest BCUT2D eigenvalue weighted by molar-refractivity contribution is -0.125. The number of hydrogen-bond acceptors (Lipinski definition) is 8. The van der Waals surface area contributed by atoms with Crippen molar-refractivity contribution in [1.29, 1.82) is 0 Å². The third-order valence-corrected chi connectivity index (χ3v) is 6.23. The molecule has 10 nitrogen and oxygen atoms in total. The lowest BCUT2D eigenvalue weighted by atomic mass is 9.97. The van der Waals surface area contributed by atoms with Crippen molar-refractivity contribution in [3.05, 3.63) is 40.8 Å². The smallest absolute Gasteiger partial charge is 0.273 e. The van der Waals surface area contributed by atoms with E-state index in [4.69, 9.17) is 4.42 Å². The summed E-state index contributed by atoms with van der Waals surface area (Å²) in [7, 11) is 0. The van der Waals surface area contributed by atoms with Gasteiger partial charge in [-0.2, -0.15) is 4.98 Å². The van der Waals surface area contributed by atoms with E-state index in [1.807, 2.05) is 11.8 Å². The normalized spacial score (nSPS) is 16.4. The number of hydrogen-bond donors (Lipinski definition) is 2. The van der Waals surface area contributed by atoms with Gasteiger partial charge in [-0.05, 0) is 31.9 Å². The van der Waals surface area contributed by atoms with Crippen molar-refractivity contribution in [3.63, 3.8) is 0 Å². The summed E-state index contributed by atoms with van der Waals surface area (Å²) in [6.07, 6.45) is 4.59. The van der Waals surface area contributed by atoms with Gasteiger partial charge in [-0.15, -0.1) is 0 Å². The fraction of sp³-hybridized carbons (Fsp3) is 0.450. The highest BCUT2D eigenvalue weighted by Gasteiger charge is 2.27. The molecule has 1 fully saturated rings. The topological polar surface area (TPSA) is 122 Å². The molecule has 11 heteroatoms. The number of anilines is 1. The van der Waals surface area contributed by atoms with Crippen LogP contribution in [0.15, 0.2) is 33.9 Å². The maximum atomic E-state index is 12.9. The summed E-state index contributed by atoms with van der Waals surface area (Å²) in [5.41, 5.74) is 0.0524. The van der Waals surface area contributed by atoms with E-state index >= 15 is 0 Å². The quantitative estimate of drug-likeness (QED) is 0.560. The Labute approximate surface area is 182 Å². The summed E-state index contributed by atoms with van der Waals surface area (Å²) >= 11 is 1.25. The van der Waals surface area contributed by atoms with Gasteiger partial charge in [0, 0.05) is 19.6 Å². The van der Waals surface area contributed by atoms with Crippen LogP contribution in [-0.2, 0) is 22.7 Å². The molecular formula is C20H24N6O4S. The number of carbonyl (C=O) groups excluding carboxylic acids is 2. The molecule has 4 heterocycles. The van der Waals surface area contributed by atoms with Crippen molar-refractivity contribution in [3.8, 4) is 0 Å². The van der Waals surface area contributed by atoms with Crippen molar-refractivity contribution in [2.75, 3.05) is 24.5 Å². The summed E-state index contributed by atoms with van der Waals surface area (Å²) in [5, 5.41) is 6.26. The Kier molecular flexibility index (Phi) is 6.31. The summed E-state index contributed by atoms with van der Waals surface area (Å²) in [5.74, 6) is 0.275. The van der Waals surface area contributed by atoms with E-state index in [-0.39, 0.29) is 36.4 Å². The van der Waals surface area contributed by atoms with Crippen LogP contribution in [0.1, 0.15) is 25.5 Å². The number of nitrogens with one attached hydrogen (secondary N) is 2. The Hall–Kier alpha value is -3.21. The molecule has 1 atom stereocenters. The average Bonchev–Trinajstić information content (AvgIpc) is 3.45. The maximum Gasteiger partial charge on any atom is 0.273 e. The van der Waals surface area contributed by atoms with Gasteiger partial charge in [-0.1, -0.05) is 11.3 Å². The number of piperidine rings is 1. The second kappa shape index (κ2) is 9.29. The molecule has 164 valence electrons. The van der Waals surface area contributed by atoms with E-state index in [1.54, 1.807) is 12.1 Å². The van der Waals surface area contributed by atoms with Crippen LogP contribution >= 0.6 is 11.3 Å². The highest BCUT2D eigenvalue weighted by molar-refractivity contribution is 7.22. The van der Waals surface area contributed by atoms with E-state index in [0.717, 1.165) is 19.4 Å². The molecule has 1 aliphatic rings. The molecule has 0 aromatic carbocycles. The van der Waals surface area contributed by atoms with Crippen molar-refractivity contribution in [1.82, 2.24) is 25.2 Å². The van der Waals surface area contributed by atoms with E-state index in [0.29, 0.717) is 34.3 Å².